The van der Waals surface area contributed by atoms with Crippen LogP contribution >= 0.6 is 0 Å². The van der Waals surface area contributed by atoms with Gasteiger partial charge in [0, 0.05) is 12.2 Å². The predicted molar refractivity (Wildman–Crippen MR) is 97.8 cm³/mol. The highest BCUT2D eigenvalue weighted by atomic mass is 16.5. The second-order valence-electron chi connectivity index (χ2n) is 6.28. The minimum atomic E-state index is 0.0843. The molecule has 3 rings (SSSR count). The highest BCUT2D eigenvalue weighted by Crippen LogP contribution is 2.37. The number of nitrogens with two attached hydrogens (primary N) is 1. The molecule has 0 saturated carbocycles. The highest BCUT2D eigenvalue weighted by molar-refractivity contribution is 5.79. The topological polar surface area (TPSA) is 64.8 Å². The summed E-state index contributed by atoms with van der Waals surface area (Å²) in [7, 11) is 3.25. The summed E-state index contributed by atoms with van der Waals surface area (Å²) in [4.78, 5) is 14.8. The Labute approximate surface area is 148 Å². The first kappa shape index (κ1) is 17.1. The Bertz CT molecular complexity index is 743. The monoisotopic (exact) mass is 340 g/mol. The summed E-state index contributed by atoms with van der Waals surface area (Å²) in [6.45, 7) is 0.785. The molecule has 5 heteroatoms. The zero-order valence-corrected chi connectivity index (χ0v) is 14.7. The third-order valence-corrected chi connectivity index (χ3v) is 4.70. The van der Waals surface area contributed by atoms with Crippen LogP contribution in [0.5, 0.6) is 11.5 Å². The normalized spacial score (nSPS) is 16.7. The van der Waals surface area contributed by atoms with Crippen LogP contribution in [0.1, 0.15) is 30.0 Å². The highest BCUT2D eigenvalue weighted by Gasteiger charge is 2.30. The van der Waals surface area contributed by atoms with Crippen LogP contribution in [0.15, 0.2) is 42.5 Å². The van der Waals surface area contributed by atoms with Crippen LogP contribution in [0.4, 0.5) is 5.69 Å². The molecule has 1 amide bonds. The van der Waals surface area contributed by atoms with E-state index in [9.17, 15) is 4.79 Å². The maximum Gasteiger partial charge on any atom is 0.227 e. The van der Waals surface area contributed by atoms with Crippen molar-refractivity contribution in [2.45, 2.75) is 25.3 Å². The molecule has 0 aromatic heterocycles. The second-order valence-corrected chi connectivity index (χ2v) is 6.28. The van der Waals surface area contributed by atoms with Crippen LogP contribution in [0, 0.1) is 0 Å². The zero-order valence-electron chi connectivity index (χ0n) is 14.7. The standard InChI is InChI=1S/C20H24N2O3/c1-24-18-10-7-15(13-19(18)25-2)17-4-3-11-22(17)20(23)12-14-5-8-16(21)9-6-14/h5-10,13,17H,3-4,11-12,21H2,1-2H3. The molecule has 2 aromatic rings. The van der Waals surface area contributed by atoms with Gasteiger partial charge >= 0.3 is 0 Å². The lowest BCUT2D eigenvalue weighted by atomic mass is 10.0. The Balaban J connectivity index is 1.77. The minimum absolute atomic E-state index is 0.0843. The molecule has 2 N–H and O–H groups in total. The lowest BCUT2D eigenvalue weighted by Crippen LogP contribution is -2.31. The third-order valence-electron chi connectivity index (χ3n) is 4.70. The fourth-order valence-electron chi connectivity index (χ4n) is 3.38. The molecule has 0 radical (unpaired) electrons. The maximum absolute atomic E-state index is 12.8. The molecule has 1 aliphatic rings. The SMILES string of the molecule is COc1ccc(C2CCCN2C(=O)Cc2ccc(N)cc2)cc1OC. The molecule has 0 bridgehead atoms. The van der Waals surface area contributed by atoms with Crippen LogP contribution < -0.4 is 15.2 Å². The predicted octanol–water partition coefficient (Wildman–Crippen LogP) is 3.19. The van der Waals surface area contributed by atoms with Crippen LogP contribution in [-0.4, -0.2) is 31.6 Å². The molecular formula is C20H24N2O3. The summed E-state index contributed by atoms with van der Waals surface area (Å²) in [5.74, 6) is 1.53. The number of anilines is 1. The lowest BCUT2D eigenvalue weighted by molar-refractivity contribution is -0.131. The first-order valence-corrected chi connectivity index (χ1v) is 8.48. The number of carbonyl (C=O) groups is 1. The van der Waals surface area contributed by atoms with E-state index in [1.54, 1.807) is 14.2 Å². The summed E-state index contributed by atoms with van der Waals surface area (Å²) in [5.41, 5.74) is 8.49. The molecule has 1 fully saturated rings. The lowest BCUT2D eigenvalue weighted by Gasteiger charge is -2.26. The molecular weight excluding hydrogens is 316 g/mol. The van der Waals surface area contributed by atoms with Crippen molar-refractivity contribution >= 4 is 11.6 Å². The maximum atomic E-state index is 12.8. The smallest absolute Gasteiger partial charge is 0.227 e. The molecule has 0 aliphatic carbocycles. The molecule has 1 atom stereocenters. The zero-order chi connectivity index (χ0) is 17.8. The largest absolute Gasteiger partial charge is 0.493 e. The van der Waals surface area contributed by atoms with Crippen LogP contribution in [0.25, 0.3) is 0 Å². The number of nitrogens with zero attached hydrogens (tertiary/aromatic N) is 1. The molecule has 1 unspecified atom stereocenters. The molecule has 25 heavy (non-hydrogen) atoms. The quantitative estimate of drug-likeness (QED) is 0.849. The number of rotatable bonds is 5. The summed E-state index contributed by atoms with van der Waals surface area (Å²) in [6, 6.07) is 13.5. The van der Waals surface area contributed by atoms with Crippen molar-refractivity contribution in [3.8, 4) is 11.5 Å². The minimum Gasteiger partial charge on any atom is -0.493 e. The fourth-order valence-corrected chi connectivity index (χ4v) is 3.38. The molecule has 2 aromatic carbocycles. The Hall–Kier alpha value is -2.69. The van der Waals surface area contributed by atoms with Gasteiger partial charge in [0.15, 0.2) is 11.5 Å². The number of methoxy groups -OCH3 is 2. The number of nitrogen functional groups attached to an aromatic ring is 1. The Morgan fingerprint density at radius 1 is 1.12 bits per heavy atom. The van der Waals surface area contributed by atoms with E-state index in [1.807, 2.05) is 47.4 Å². The van der Waals surface area contributed by atoms with E-state index >= 15 is 0 Å². The third kappa shape index (κ3) is 3.71. The van der Waals surface area contributed by atoms with E-state index < -0.39 is 0 Å². The fraction of sp³-hybridized carbons (Fsp3) is 0.350. The van der Waals surface area contributed by atoms with E-state index in [0.717, 1.165) is 30.5 Å². The first-order chi connectivity index (χ1) is 12.1. The van der Waals surface area contributed by atoms with Crippen LogP contribution in [0.3, 0.4) is 0 Å². The summed E-state index contributed by atoms with van der Waals surface area (Å²) in [5, 5.41) is 0. The number of amides is 1. The number of hydrogen-bond acceptors (Lipinski definition) is 4. The average Bonchev–Trinajstić information content (AvgIpc) is 3.13. The van der Waals surface area contributed by atoms with Crippen molar-refractivity contribution in [1.82, 2.24) is 4.90 Å². The van der Waals surface area contributed by atoms with Crippen molar-refractivity contribution in [3.63, 3.8) is 0 Å². The van der Waals surface area contributed by atoms with Crippen molar-refractivity contribution in [1.29, 1.82) is 0 Å². The van der Waals surface area contributed by atoms with Crippen molar-refractivity contribution in [3.05, 3.63) is 53.6 Å². The number of ether oxygens (including phenoxy) is 2. The van der Waals surface area contributed by atoms with Gasteiger partial charge < -0.3 is 20.1 Å². The summed E-state index contributed by atoms with van der Waals surface area (Å²) < 4.78 is 10.7. The number of likely N-dealkylation sites (tertiary alicyclic amines) is 1. The molecule has 1 saturated heterocycles. The molecule has 0 spiro atoms. The molecule has 5 nitrogen and oxygen atoms in total. The van der Waals surface area contributed by atoms with Gasteiger partial charge in [-0.15, -0.1) is 0 Å². The van der Waals surface area contributed by atoms with E-state index in [0.29, 0.717) is 23.6 Å². The Morgan fingerprint density at radius 3 is 2.52 bits per heavy atom. The average molecular weight is 340 g/mol. The van der Waals surface area contributed by atoms with Crippen molar-refractivity contribution in [2.24, 2.45) is 0 Å². The van der Waals surface area contributed by atoms with Gasteiger partial charge in [-0.1, -0.05) is 18.2 Å². The number of benzene rings is 2. The van der Waals surface area contributed by atoms with Crippen LogP contribution in [-0.2, 0) is 11.2 Å². The number of carbonyl (C=O) groups excluding carboxylic acids is 1. The van der Waals surface area contributed by atoms with Gasteiger partial charge in [-0.05, 0) is 48.2 Å². The van der Waals surface area contributed by atoms with Gasteiger partial charge in [-0.25, -0.2) is 0 Å². The summed E-state index contributed by atoms with van der Waals surface area (Å²) >= 11 is 0. The Kier molecular flexibility index (Phi) is 5.12. The van der Waals surface area contributed by atoms with Gasteiger partial charge in [0.05, 0.1) is 26.7 Å². The molecule has 1 aliphatic heterocycles. The van der Waals surface area contributed by atoms with Gasteiger partial charge in [0.1, 0.15) is 0 Å². The first-order valence-electron chi connectivity index (χ1n) is 8.48. The Morgan fingerprint density at radius 2 is 1.84 bits per heavy atom. The molecule has 1 heterocycles. The van der Waals surface area contributed by atoms with E-state index in [2.05, 4.69) is 0 Å². The van der Waals surface area contributed by atoms with Crippen LogP contribution in [0.2, 0.25) is 0 Å². The van der Waals surface area contributed by atoms with Crippen molar-refractivity contribution in [2.75, 3.05) is 26.5 Å². The van der Waals surface area contributed by atoms with Gasteiger partial charge in [0.2, 0.25) is 5.91 Å². The van der Waals surface area contributed by atoms with Crippen molar-refractivity contribution < 1.29 is 14.3 Å². The van der Waals surface area contributed by atoms with Gasteiger partial charge in [-0.3, -0.25) is 4.79 Å². The van der Waals surface area contributed by atoms with E-state index in [4.69, 9.17) is 15.2 Å². The number of hydrogen-bond donors (Lipinski definition) is 1. The van der Waals surface area contributed by atoms with E-state index in [1.165, 1.54) is 0 Å². The van der Waals surface area contributed by atoms with E-state index in [-0.39, 0.29) is 11.9 Å². The van der Waals surface area contributed by atoms with Gasteiger partial charge in [-0.2, -0.15) is 0 Å². The van der Waals surface area contributed by atoms with Gasteiger partial charge in [0.25, 0.3) is 0 Å². The molecule has 132 valence electrons. The second kappa shape index (κ2) is 7.47. The summed E-state index contributed by atoms with van der Waals surface area (Å²) in [6.07, 6.45) is 2.36.